The number of hydrogen-bond donors (Lipinski definition) is 6. The minimum atomic E-state index is -0.947. The van der Waals surface area contributed by atoms with E-state index in [4.69, 9.17) is 14.5 Å². The van der Waals surface area contributed by atoms with Crippen molar-refractivity contribution in [3.05, 3.63) is 276 Å². The fraction of sp³-hybridized carbons (Fsp3) is 0.164. The van der Waals surface area contributed by atoms with Gasteiger partial charge < -0.3 is 40.4 Å². The molecule has 1 aliphatic rings. The Morgan fingerprint density at radius 2 is 1.00 bits per heavy atom. The number of H-pyrrole nitrogens is 3. The van der Waals surface area contributed by atoms with Crippen LogP contribution in [0.5, 0.6) is 0 Å². The largest absolute Gasteiger partial charge is 0.449 e. The number of ether oxygens (including phenoxy) is 2. The van der Waals surface area contributed by atoms with E-state index in [0.717, 1.165) is 83.1 Å². The minimum Gasteiger partial charge on any atom is -0.449 e. The molecule has 6 N–H and O–H groups in total. The lowest BCUT2D eigenvalue weighted by Crippen LogP contribution is -2.49. The van der Waals surface area contributed by atoms with Crippen LogP contribution in [0.25, 0.3) is 66.1 Å². The number of nitrogens with zero attached hydrogens (tertiary/aromatic N) is 2. The van der Waals surface area contributed by atoms with E-state index in [1.807, 2.05) is 160 Å². The number of hydrogen-bond acceptors (Lipinski definition) is 7. The summed E-state index contributed by atoms with van der Waals surface area (Å²) in [5, 5.41) is 14.8. The zero-order chi connectivity index (χ0) is 61.0. The Morgan fingerprint density at radius 1 is 0.523 bits per heavy atom. The van der Waals surface area contributed by atoms with Crippen molar-refractivity contribution in [3.8, 4) is 33.6 Å². The third kappa shape index (κ3) is 14.3. The number of para-hydroxylation sites is 1. The second-order valence-corrected chi connectivity index (χ2v) is 22.7. The molecule has 434 valence electrons. The van der Waals surface area contributed by atoms with Crippen molar-refractivity contribution in [1.82, 2.24) is 40.9 Å². The lowest BCUT2D eigenvalue weighted by molar-refractivity contribution is -0.123. The highest BCUT2D eigenvalue weighted by atomic mass is 16.6. The fourth-order valence-corrected chi connectivity index (χ4v) is 11.4. The molecule has 9 aromatic carbocycles. The number of fused-ring (bicyclic) bond motifs is 6. The summed E-state index contributed by atoms with van der Waals surface area (Å²) in [6, 6.07) is 71.7. The summed E-state index contributed by atoms with van der Waals surface area (Å²) >= 11 is 0. The zero-order valence-electron chi connectivity index (χ0n) is 49.2. The summed E-state index contributed by atoms with van der Waals surface area (Å²) in [4.78, 5) is 60.3. The molecule has 4 radical (unpaired) electrons. The van der Waals surface area contributed by atoms with E-state index in [1.54, 1.807) is 12.4 Å². The molecule has 13 nitrogen and oxygen atoms in total. The number of aromatic amines is 3. The molecule has 88 heavy (non-hydrogen) atoms. The van der Waals surface area contributed by atoms with Crippen molar-refractivity contribution in [2.24, 2.45) is 0 Å². The first-order valence-electron chi connectivity index (χ1n) is 29.4. The zero-order valence-corrected chi connectivity index (χ0v) is 49.2. The van der Waals surface area contributed by atoms with Crippen molar-refractivity contribution in [2.75, 3.05) is 6.61 Å². The molecule has 12 aromatic rings. The first kappa shape index (κ1) is 59.3. The maximum absolute atomic E-state index is 14.6. The standard InChI is InChI=1S/C47H39N5O3.C26H27N3O2.B2/c53-46(51-42(25-30-22-23-31-12-4-5-15-33(31)24-30)45-49-28-44(50-45)32-13-2-1-3-14-32)43(26-34-27-48-41-21-11-10-16-35(34)41)52-47(54)55-29-40-38-19-8-6-17-36(38)37-18-7-9-20-39(37)40;1-26(2,3)31-25(30)29-22(16-18-13-14-19-9-7-8-12-21(19)15-18)24-27-17-23(28-24)20-10-5-4-6-11-20;1-2/h1-24,27-28,40,42-43,48H,25-26,29H2,(H,49,50)(H,51,53)(H,52,54);4-15,17,22H,16H2,1-3H3,(H,27,28)(H,29,30);/t42-,43-;22-;/m11./s1. The molecule has 0 bridgehead atoms. The monoisotopic (exact) mass is 1160 g/mol. The molecule has 0 fully saturated rings. The number of aromatic nitrogens is 5. The molecule has 0 saturated carbocycles. The third-order valence-corrected chi connectivity index (χ3v) is 15.6. The van der Waals surface area contributed by atoms with Crippen LogP contribution in [0.2, 0.25) is 0 Å². The molecule has 3 amide bonds. The normalized spacial score (nSPS) is 12.7. The van der Waals surface area contributed by atoms with E-state index in [-0.39, 0.29) is 30.9 Å². The van der Waals surface area contributed by atoms with Gasteiger partial charge in [-0.1, -0.05) is 212 Å². The first-order chi connectivity index (χ1) is 42.9. The van der Waals surface area contributed by atoms with Gasteiger partial charge in [0.05, 0.1) is 35.9 Å². The number of nitrogens with one attached hydrogen (secondary N) is 6. The van der Waals surface area contributed by atoms with Crippen LogP contribution in [-0.4, -0.2) is 76.7 Å². The van der Waals surface area contributed by atoms with Gasteiger partial charge in [-0.25, -0.2) is 19.6 Å². The lowest BCUT2D eigenvalue weighted by Gasteiger charge is -2.23. The number of amides is 3. The molecule has 3 aromatic heterocycles. The van der Waals surface area contributed by atoms with Crippen LogP contribution >= 0.6 is 0 Å². The molecule has 15 heteroatoms. The fourth-order valence-electron chi connectivity index (χ4n) is 11.4. The Bertz CT molecular complexity index is 4300. The Labute approximate surface area is 514 Å². The predicted molar refractivity (Wildman–Crippen MR) is 352 cm³/mol. The van der Waals surface area contributed by atoms with E-state index in [2.05, 4.69) is 136 Å². The van der Waals surface area contributed by atoms with Crippen LogP contribution in [0.3, 0.4) is 0 Å². The van der Waals surface area contributed by atoms with Gasteiger partial charge in [0.15, 0.2) is 0 Å². The average Bonchev–Trinajstić information content (AvgIpc) is 2.02. The number of imidazole rings is 2. The maximum Gasteiger partial charge on any atom is 0.408 e. The first-order valence-corrected chi connectivity index (χ1v) is 29.4. The average molecular weight is 1160 g/mol. The number of carbonyl (C=O) groups is 3. The second-order valence-electron chi connectivity index (χ2n) is 22.7. The molecule has 0 spiro atoms. The van der Waals surface area contributed by atoms with Gasteiger partial charge in [0.2, 0.25) is 5.91 Å². The van der Waals surface area contributed by atoms with Gasteiger partial charge in [-0.05, 0) is 105 Å². The van der Waals surface area contributed by atoms with Gasteiger partial charge in [-0.2, -0.15) is 0 Å². The highest BCUT2D eigenvalue weighted by molar-refractivity contribution is 6.75. The van der Waals surface area contributed by atoms with Crippen LogP contribution < -0.4 is 16.0 Å². The summed E-state index contributed by atoms with van der Waals surface area (Å²) in [6.07, 6.45) is 5.69. The Hall–Kier alpha value is -10.4. The topological polar surface area (TPSA) is 179 Å². The third-order valence-electron chi connectivity index (χ3n) is 15.6. The highest BCUT2D eigenvalue weighted by Gasteiger charge is 2.32. The van der Waals surface area contributed by atoms with E-state index in [9.17, 15) is 14.4 Å². The lowest BCUT2D eigenvalue weighted by atomic mass is 9.81. The number of rotatable bonds is 16. The SMILES string of the molecule is CC(C)(C)OC(=O)N[C@H](Cc1ccc2ccccc2c1)c1ncc(-c2ccccc2)[nH]1.O=C(N[C@H](Cc1c[nH]c2ccccc12)C(=O)N[C@H](Cc1ccc2ccccc2c1)c1ncc(-c2ccccc2)[nH]1)OCC1c2ccccc2-c2ccccc21.[B][B]. The molecular formula is C73H66B2N8O5. The number of benzene rings is 9. The summed E-state index contributed by atoms with van der Waals surface area (Å²) in [5.74, 6) is 0.857. The molecule has 3 atom stereocenters. The molecule has 1 aliphatic carbocycles. The minimum absolute atomic E-state index is 0.108. The maximum atomic E-state index is 14.6. The van der Waals surface area contributed by atoms with Crippen LogP contribution in [0, 0.1) is 0 Å². The summed E-state index contributed by atoms with van der Waals surface area (Å²) in [7, 11) is 8.00. The highest BCUT2D eigenvalue weighted by Crippen LogP contribution is 2.44. The van der Waals surface area contributed by atoms with Gasteiger partial charge in [0.25, 0.3) is 0 Å². The van der Waals surface area contributed by atoms with Crippen molar-refractivity contribution in [2.45, 2.75) is 69.7 Å². The molecule has 0 unspecified atom stereocenters. The van der Waals surface area contributed by atoms with Crippen molar-refractivity contribution >= 4 is 66.0 Å². The van der Waals surface area contributed by atoms with Gasteiger partial charge in [0.1, 0.15) is 29.9 Å². The summed E-state index contributed by atoms with van der Waals surface area (Å²) in [5.41, 5.74) is 11.8. The number of carbonyl (C=O) groups excluding carboxylic acids is 3. The van der Waals surface area contributed by atoms with E-state index < -0.39 is 29.9 Å². The van der Waals surface area contributed by atoms with Gasteiger partial charge >= 0.3 is 12.2 Å². The van der Waals surface area contributed by atoms with Crippen LogP contribution in [0.4, 0.5) is 9.59 Å². The van der Waals surface area contributed by atoms with Crippen molar-refractivity contribution in [3.63, 3.8) is 0 Å². The summed E-state index contributed by atoms with van der Waals surface area (Å²) in [6.45, 7) is 5.70. The van der Waals surface area contributed by atoms with E-state index >= 15 is 0 Å². The van der Waals surface area contributed by atoms with Crippen molar-refractivity contribution < 1.29 is 23.9 Å². The quantitative estimate of drug-likeness (QED) is 0.0521. The molecule has 13 rings (SSSR count). The molecule has 0 aliphatic heterocycles. The number of alkyl carbamates (subject to hydrolysis) is 2. The predicted octanol–water partition coefficient (Wildman–Crippen LogP) is 14.5. The Balaban J connectivity index is 0.000000206. The Morgan fingerprint density at radius 3 is 1.55 bits per heavy atom. The molecule has 3 heterocycles. The van der Waals surface area contributed by atoms with E-state index in [1.165, 1.54) is 10.8 Å². The van der Waals surface area contributed by atoms with E-state index in [0.29, 0.717) is 24.5 Å². The smallest absolute Gasteiger partial charge is 0.408 e. The van der Waals surface area contributed by atoms with Gasteiger partial charge in [-0.15, -0.1) is 0 Å². The summed E-state index contributed by atoms with van der Waals surface area (Å²) < 4.78 is 11.4. The van der Waals surface area contributed by atoms with Gasteiger partial charge in [-0.3, -0.25) is 4.79 Å². The second kappa shape index (κ2) is 27.3. The molecule has 0 saturated heterocycles. The van der Waals surface area contributed by atoms with Crippen LogP contribution in [-0.2, 0) is 33.5 Å². The van der Waals surface area contributed by atoms with Gasteiger partial charge in [0, 0.05) is 51.3 Å². The molecular weight excluding hydrogens is 1090 g/mol. The Kier molecular flexibility index (Phi) is 18.4. The van der Waals surface area contributed by atoms with Crippen LogP contribution in [0.1, 0.15) is 78.2 Å². The van der Waals surface area contributed by atoms with Crippen LogP contribution in [0.15, 0.2) is 237 Å². The van der Waals surface area contributed by atoms with Crippen molar-refractivity contribution in [1.29, 1.82) is 0 Å².